The van der Waals surface area contributed by atoms with Crippen LogP contribution in [0.5, 0.6) is 0 Å². The summed E-state index contributed by atoms with van der Waals surface area (Å²) in [5.74, 6) is -0.167. The van der Waals surface area contributed by atoms with Gasteiger partial charge >= 0.3 is 6.18 Å². The largest absolute Gasteiger partial charge is 0.416 e. The van der Waals surface area contributed by atoms with Crippen LogP contribution in [0.25, 0.3) is 21.6 Å². The summed E-state index contributed by atoms with van der Waals surface area (Å²) in [6.07, 6.45) is -2.99. The monoisotopic (exact) mass is 487 g/mol. The third-order valence-corrected chi connectivity index (χ3v) is 6.65. The van der Waals surface area contributed by atoms with E-state index in [4.69, 9.17) is 0 Å². The van der Waals surface area contributed by atoms with Crippen LogP contribution in [-0.4, -0.2) is 55.6 Å². The third-order valence-electron chi connectivity index (χ3n) is 5.76. The molecule has 0 spiro atoms. The van der Waals surface area contributed by atoms with Gasteiger partial charge in [0.2, 0.25) is 11.0 Å². The van der Waals surface area contributed by atoms with E-state index in [9.17, 15) is 18.0 Å². The van der Waals surface area contributed by atoms with Crippen molar-refractivity contribution in [3.63, 3.8) is 0 Å². The van der Waals surface area contributed by atoms with Gasteiger partial charge in [0.1, 0.15) is 10.5 Å². The Bertz CT molecular complexity index is 1300. The van der Waals surface area contributed by atoms with Crippen LogP contribution >= 0.6 is 11.3 Å². The molecule has 0 bridgehead atoms. The number of amides is 1. The normalized spacial score (nSPS) is 15.6. The van der Waals surface area contributed by atoms with Crippen LogP contribution in [0.1, 0.15) is 24.4 Å². The van der Waals surface area contributed by atoms with E-state index in [1.165, 1.54) is 17.4 Å². The van der Waals surface area contributed by atoms with E-state index in [2.05, 4.69) is 25.8 Å². The fraction of sp³-hybridized carbons (Fsp3) is 0.318. The van der Waals surface area contributed by atoms with Crippen LogP contribution in [0.4, 0.5) is 18.3 Å². The predicted octanol–water partition coefficient (Wildman–Crippen LogP) is 4.24. The number of anilines is 1. The van der Waals surface area contributed by atoms with Gasteiger partial charge in [0, 0.05) is 18.7 Å². The van der Waals surface area contributed by atoms with Gasteiger partial charge in [-0.1, -0.05) is 46.9 Å². The van der Waals surface area contributed by atoms with Gasteiger partial charge in [-0.15, -0.1) is 15.3 Å². The quantitative estimate of drug-likeness (QED) is 0.453. The number of piperidine rings is 1. The lowest BCUT2D eigenvalue weighted by atomic mass is 10.0. The summed E-state index contributed by atoms with van der Waals surface area (Å²) in [6.45, 7) is 1.54. The van der Waals surface area contributed by atoms with Gasteiger partial charge in [0.05, 0.1) is 23.7 Å². The molecule has 1 fully saturated rings. The Morgan fingerprint density at radius 1 is 1.06 bits per heavy atom. The molecule has 1 N–H and O–H groups in total. The van der Waals surface area contributed by atoms with E-state index in [-0.39, 0.29) is 24.0 Å². The zero-order valence-electron chi connectivity index (χ0n) is 17.9. The first-order valence-electron chi connectivity index (χ1n) is 10.7. The number of hydrogen-bond donors (Lipinski definition) is 1. The molecule has 0 radical (unpaired) electrons. The molecule has 12 heteroatoms. The average Bonchev–Trinajstić information content (AvgIpc) is 3.46. The maximum Gasteiger partial charge on any atom is 0.416 e. The zero-order chi connectivity index (χ0) is 23.7. The molecule has 1 saturated heterocycles. The molecule has 2 aromatic heterocycles. The molecule has 2 aromatic carbocycles. The number of likely N-dealkylation sites (tertiary alicyclic amines) is 1. The smallest absolute Gasteiger partial charge is 0.299 e. The number of rotatable bonds is 5. The van der Waals surface area contributed by atoms with Gasteiger partial charge in [-0.05, 0) is 31.0 Å². The highest BCUT2D eigenvalue weighted by molar-refractivity contribution is 7.18. The lowest BCUT2D eigenvalue weighted by molar-refractivity contribution is -0.137. The van der Waals surface area contributed by atoms with Gasteiger partial charge < -0.3 is 0 Å². The molecule has 176 valence electrons. The number of carbonyl (C=O) groups is 1. The Balaban J connectivity index is 1.16. The molecule has 0 unspecified atom stereocenters. The van der Waals surface area contributed by atoms with Crippen molar-refractivity contribution in [2.75, 3.05) is 25.0 Å². The molecule has 1 aliphatic rings. The molecule has 0 saturated carbocycles. The van der Waals surface area contributed by atoms with Crippen molar-refractivity contribution in [3.8, 4) is 10.6 Å². The van der Waals surface area contributed by atoms with Crippen LogP contribution in [0.2, 0.25) is 0 Å². The fourth-order valence-corrected chi connectivity index (χ4v) is 4.81. The summed E-state index contributed by atoms with van der Waals surface area (Å²) in [4.78, 5) is 14.5. The summed E-state index contributed by atoms with van der Waals surface area (Å²) in [6, 6.07) is 13.1. The van der Waals surface area contributed by atoms with E-state index in [0.717, 1.165) is 22.7 Å². The minimum atomic E-state index is -4.41. The predicted molar refractivity (Wildman–Crippen MR) is 121 cm³/mol. The van der Waals surface area contributed by atoms with Crippen LogP contribution in [-0.2, 0) is 11.0 Å². The number of alkyl halides is 3. The number of fused-ring (bicyclic) bond motifs is 1. The highest BCUT2D eigenvalue weighted by Gasteiger charge is 2.31. The van der Waals surface area contributed by atoms with Crippen molar-refractivity contribution in [1.82, 2.24) is 30.1 Å². The molecule has 1 amide bonds. The first-order valence-corrected chi connectivity index (χ1v) is 11.5. The van der Waals surface area contributed by atoms with Crippen LogP contribution < -0.4 is 5.32 Å². The van der Waals surface area contributed by atoms with E-state index in [1.54, 1.807) is 4.68 Å². The molecule has 0 aliphatic carbocycles. The highest BCUT2D eigenvalue weighted by Crippen LogP contribution is 2.32. The maximum atomic E-state index is 12.9. The van der Waals surface area contributed by atoms with Crippen LogP contribution in [0.15, 0.2) is 48.5 Å². The first-order chi connectivity index (χ1) is 16.4. The van der Waals surface area contributed by atoms with Crippen LogP contribution in [0, 0.1) is 0 Å². The number of nitrogens with zero attached hydrogens (tertiary/aromatic N) is 6. The molecule has 1 aliphatic heterocycles. The second-order valence-corrected chi connectivity index (χ2v) is 9.05. The number of halogens is 3. The number of nitrogens with one attached hydrogen (secondary N) is 1. The lowest BCUT2D eigenvalue weighted by Crippen LogP contribution is -2.39. The van der Waals surface area contributed by atoms with Crippen molar-refractivity contribution in [2.24, 2.45) is 0 Å². The average molecular weight is 488 g/mol. The summed E-state index contributed by atoms with van der Waals surface area (Å²) >= 11 is 1.32. The lowest BCUT2D eigenvalue weighted by Gasteiger charge is -2.31. The molecular formula is C22H20F3N7OS. The van der Waals surface area contributed by atoms with Gasteiger partial charge in [0.25, 0.3) is 0 Å². The number of hydrogen-bond acceptors (Lipinski definition) is 7. The van der Waals surface area contributed by atoms with E-state index < -0.39 is 11.7 Å². The van der Waals surface area contributed by atoms with Crippen molar-refractivity contribution >= 4 is 33.4 Å². The zero-order valence-corrected chi connectivity index (χ0v) is 18.7. The summed E-state index contributed by atoms with van der Waals surface area (Å²) in [7, 11) is 0. The Hall–Kier alpha value is -3.38. The Morgan fingerprint density at radius 3 is 2.56 bits per heavy atom. The second kappa shape index (κ2) is 9.11. The maximum absolute atomic E-state index is 12.9. The van der Waals surface area contributed by atoms with E-state index in [1.807, 2.05) is 35.2 Å². The molecule has 4 aromatic rings. The fourth-order valence-electron chi connectivity index (χ4n) is 4.04. The molecule has 3 heterocycles. The van der Waals surface area contributed by atoms with E-state index >= 15 is 0 Å². The third kappa shape index (κ3) is 4.77. The SMILES string of the molecule is O=C(CN1CCC(n2nnc3cc(C(F)(F)F)ccc32)CC1)Nc1nnc(-c2ccccc2)s1. The van der Waals surface area contributed by atoms with Gasteiger partial charge in [0.15, 0.2) is 0 Å². The minimum Gasteiger partial charge on any atom is -0.299 e. The van der Waals surface area contributed by atoms with Crippen molar-refractivity contribution in [3.05, 3.63) is 54.1 Å². The number of aromatic nitrogens is 5. The summed E-state index contributed by atoms with van der Waals surface area (Å²) in [5, 5.41) is 20.2. The van der Waals surface area contributed by atoms with Crippen LogP contribution in [0.3, 0.4) is 0 Å². The molecule has 0 atom stereocenters. The van der Waals surface area contributed by atoms with Gasteiger partial charge in [-0.25, -0.2) is 4.68 Å². The summed E-state index contributed by atoms with van der Waals surface area (Å²) < 4.78 is 40.5. The Labute approximate surface area is 196 Å². The number of benzene rings is 2. The van der Waals surface area contributed by atoms with Crippen molar-refractivity contribution < 1.29 is 18.0 Å². The van der Waals surface area contributed by atoms with Gasteiger partial charge in [-0.2, -0.15) is 13.2 Å². The van der Waals surface area contributed by atoms with Crippen molar-refractivity contribution in [2.45, 2.75) is 25.1 Å². The standard InChI is InChI=1S/C22H20F3N7OS/c23-22(24,25)15-6-7-18-17(12-15)27-30-32(18)16-8-10-31(11-9-16)13-19(33)26-21-29-28-20(34-21)14-4-2-1-3-5-14/h1-7,12,16H,8-11,13H2,(H,26,29,33). The topological polar surface area (TPSA) is 88.8 Å². The first kappa shape index (κ1) is 22.4. The molecular weight excluding hydrogens is 467 g/mol. The summed E-state index contributed by atoms with van der Waals surface area (Å²) in [5.41, 5.74) is 1.01. The Kier molecular flexibility index (Phi) is 6.00. The number of carbonyl (C=O) groups excluding carboxylic acids is 1. The molecule has 34 heavy (non-hydrogen) atoms. The highest BCUT2D eigenvalue weighted by atomic mass is 32.1. The van der Waals surface area contributed by atoms with E-state index in [0.29, 0.717) is 36.6 Å². The minimum absolute atomic E-state index is 0.0117. The second-order valence-electron chi connectivity index (χ2n) is 8.07. The molecule has 8 nitrogen and oxygen atoms in total. The van der Waals surface area contributed by atoms with Crippen molar-refractivity contribution in [1.29, 1.82) is 0 Å². The molecule has 5 rings (SSSR count). The Morgan fingerprint density at radius 2 is 1.82 bits per heavy atom. The van der Waals surface area contributed by atoms with Gasteiger partial charge in [-0.3, -0.25) is 15.0 Å².